The number of amides is 1. The highest BCUT2D eigenvalue weighted by atomic mass is 79.9. The lowest BCUT2D eigenvalue weighted by atomic mass is 10.1. The molecule has 116 valence electrons. The maximum Gasteiger partial charge on any atom is 0.328 e. The number of rotatable bonds is 3. The van der Waals surface area contributed by atoms with Gasteiger partial charge in [-0.25, -0.2) is 4.79 Å². The fourth-order valence-electron chi connectivity index (χ4n) is 2.32. The Balaban J connectivity index is 0.00000106. The molecule has 0 saturated carbocycles. The lowest BCUT2D eigenvalue weighted by Crippen LogP contribution is -2.41. The number of hydrogen-bond acceptors (Lipinski definition) is 3. The van der Waals surface area contributed by atoms with Gasteiger partial charge < -0.3 is 9.64 Å². The van der Waals surface area contributed by atoms with Gasteiger partial charge in [0.25, 0.3) is 0 Å². The number of esters is 1. The zero-order valence-electron chi connectivity index (χ0n) is 12.8. The first-order valence-corrected chi connectivity index (χ1v) is 8.03. The van der Waals surface area contributed by atoms with Crippen molar-refractivity contribution in [2.24, 2.45) is 0 Å². The number of nitrogens with zero attached hydrogens (tertiary/aromatic N) is 1. The number of halogens is 1. The Labute approximate surface area is 134 Å². The Morgan fingerprint density at radius 2 is 1.90 bits per heavy atom. The third kappa shape index (κ3) is 4.84. The van der Waals surface area contributed by atoms with E-state index in [4.69, 9.17) is 4.74 Å². The zero-order chi connectivity index (χ0) is 15.8. The van der Waals surface area contributed by atoms with Crippen molar-refractivity contribution in [3.63, 3.8) is 0 Å². The average molecular weight is 356 g/mol. The second kappa shape index (κ2) is 8.82. The second-order valence-electron chi connectivity index (χ2n) is 4.57. The standard InChI is InChI=1S/C14H16BrNO3.C2H6/c1-19-14(18)12-3-2-8-16(12)13(17)9-10-4-6-11(15)7-5-10;1-2/h4-7,12H,2-3,8-9H2,1H3;1-2H3/t12-;/m0./s1. The van der Waals surface area contributed by atoms with Crippen LogP contribution in [0.1, 0.15) is 32.3 Å². The minimum Gasteiger partial charge on any atom is -0.467 e. The van der Waals surface area contributed by atoms with Gasteiger partial charge in [0.2, 0.25) is 5.91 Å². The maximum atomic E-state index is 12.2. The van der Waals surface area contributed by atoms with E-state index in [2.05, 4.69) is 15.9 Å². The quantitative estimate of drug-likeness (QED) is 0.782. The molecule has 1 amide bonds. The van der Waals surface area contributed by atoms with Gasteiger partial charge in [-0.2, -0.15) is 0 Å². The first-order valence-electron chi connectivity index (χ1n) is 7.23. The van der Waals surface area contributed by atoms with Crippen molar-refractivity contribution in [1.29, 1.82) is 0 Å². The van der Waals surface area contributed by atoms with E-state index in [1.54, 1.807) is 4.90 Å². The molecule has 1 fully saturated rings. The highest BCUT2D eigenvalue weighted by molar-refractivity contribution is 9.10. The molecule has 1 aliphatic rings. The summed E-state index contributed by atoms with van der Waals surface area (Å²) in [4.78, 5) is 25.5. The molecule has 1 heterocycles. The molecule has 21 heavy (non-hydrogen) atoms. The molecule has 0 aromatic heterocycles. The van der Waals surface area contributed by atoms with Gasteiger partial charge in [-0.3, -0.25) is 4.79 Å². The average Bonchev–Trinajstić information content (AvgIpc) is 3.00. The summed E-state index contributed by atoms with van der Waals surface area (Å²) in [5.41, 5.74) is 0.948. The van der Waals surface area contributed by atoms with Gasteiger partial charge in [0, 0.05) is 11.0 Å². The van der Waals surface area contributed by atoms with Crippen molar-refractivity contribution in [2.45, 2.75) is 39.2 Å². The van der Waals surface area contributed by atoms with Crippen LogP contribution in [0.5, 0.6) is 0 Å². The van der Waals surface area contributed by atoms with Gasteiger partial charge >= 0.3 is 5.97 Å². The summed E-state index contributed by atoms with van der Waals surface area (Å²) in [7, 11) is 1.36. The molecule has 0 spiro atoms. The van der Waals surface area contributed by atoms with Gasteiger partial charge in [-0.05, 0) is 30.5 Å². The van der Waals surface area contributed by atoms with E-state index in [0.29, 0.717) is 19.4 Å². The van der Waals surface area contributed by atoms with Gasteiger partial charge in [0.1, 0.15) is 6.04 Å². The Morgan fingerprint density at radius 3 is 2.48 bits per heavy atom. The van der Waals surface area contributed by atoms with Crippen LogP contribution < -0.4 is 0 Å². The summed E-state index contributed by atoms with van der Waals surface area (Å²) in [6.45, 7) is 4.63. The summed E-state index contributed by atoms with van der Waals surface area (Å²) in [5.74, 6) is -0.336. The highest BCUT2D eigenvalue weighted by Crippen LogP contribution is 2.20. The molecule has 5 heteroatoms. The van der Waals surface area contributed by atoms with Crippen LogP contribution in [0.3, 0.4) is 0 Å². The Bertz CT molecular complexity index is 473. The van der Waals surface area contributed by atoms with Crippen molar-refractivity contribution in [3.05, 3.63) is 34.3 Å². The van der Waals surface area contributed by atoms with Crippen LogP contribution in [0.15, 0.2) is 28.7 Å². The fourth-order valence-corrected chi connectivity index (χ4v) is 2.59. The summed E-state index contributed by atoms with van der Waals surface area (Å²) < 4.78 is 5.73. The SMILES string of the molecule is CC.COC(=O)[C@@H]1CCCN1C(=O)Cc1ccc(Br)cc1. The Morgan fingerprint density at radius 1 is 1.29 bits per heavy atom. The maximum absolute atomic E-state index is 12.2. The number of carbonyl (C=O) groups is 2. The van der Waals surface area contributed by atoms with Gasteiger partial charge in [-0.1, -0.05) is 41.9 Å². The largest absolute Gasteiger partial charge is 0.467 e. The van der Waals surface area contributed by atoms with Crippen molar-refractivity contribution in [2.75, 3.05) is 13.7 Å². The highest BCUT2D eigenvalue weighted by Gasteiger charge is 2.34. The number of methoxy groups -OCH3 is 1. The van der Waals surface area contributed by atoms with E-state index >= 15 is 0 Å². The lowest BCUT2D eigenvalue weighted by molar-refractivity contribution is -0.150. The molecule has 1 aliphatic heterocycles. The van der Waals surface area contributed by atoms with E-state index in [9.17, 15) is 9.59 Å². The lowest BCUT2D eigenvalue weighted by Gasteiger charge is -2.22. The van der Waals surface area contributed by atoms with Crippen LogP contribution in [-0.2, 0) is 20.7 Å². The van der Waals surface area contributed by atoms with E-state index in [0.717, 1.165) is 16.5 Å². The topological polar surface area (TPSA) is 46.6 Å². The molecule has 1 atom stereocenters. The molecule has 1 aromatic carbocycles. The molecule has 0 bridgehead atoms. The van der Waals surface area contributed by atoms with Crippen LogP contribution in [0.4, 0.5) is 0 Å². The van der Waals surface area contributed by atoms with Crippen LogP contribution in [-0.4, -0.2) is 36.5 Å². The van der Waals surface area contributed by atoms with Gasteiger partial charge in [0.05, 0.1) is 13.5 Å². The minimum absolute atomic E-state index is 0.0183. The molecule has 1 aromatic rings. The van der Waals surface area contributed by atoms with E-state index in [1.165, 1.54) is 7.11 Å². The zero-order valence-corrected chi connectivity index (χ0v) is 14.4. The molecular weight excluding hydrogens is 334 g/mol. The Hall–Kier alpha value is -1.36. The molecule has 0 aliphatic carbocycles. The fraction of sp³-hybridized carbons (Fsp3) is 0.500. The number of benzene rings is 1. The summed E-state index contributed by atoms with van der Waals surface area (Å²) in [5, 5.41) is 0. The summed E-state index contributed by atoms with van der Waals surface area (Å²) in [6, 6.07) is 7.22. The first kappa shape index (κ1) is 17.7. The second-order valence-corrected chi connectivity index (χ2v) is 5.49. The molecule has 1 saturated heterocycles. The number of carbonyl (C=O) groups excluding carboxylic acids is 2. The van der Waals surface area contributed by atoms with E-state index in [1.807, 2.05) is 38.1 Å². The number of hydrogen-bond donors (Lipinski definition) is 0. The predicted octanol–water partition coefficient (Wildman–Crippen LogP) is 3.18. The summed E-state index contributed by atoms with van der Waals surface area (Å²) in [6.07, 6.45) is 1.87. The molecule has 0 unspecified atom stereocenters. The van der Waals surface area contributed by atoms with Crippen LogP contribution in [0.2, 0.25) is 0 Å². The third-order valence-electron chi connectivity index (χ3n) is 3.32. The van der Waals surface area contributed by atoms with Crippen molar-refractivity contribution >= 4 is 27.8 Å². The number of likely N-dealkylation sites (tertiary alicyclic amines) is 1. The smallest absolute Gasteiger partial charge is 0.328 e. The van der Waals surface area contributed by atoms with Crippen LogP contribution in [0, 0.1) is 0 Å². The molecule has 0 radical (unpaired) electrons. The van der Waals surface area contributed by atoms with Crippen molar-refractivity contribution < 1.29 is 14.3 Å². The van der Waals surface area contributed by atoms with Gasteiger partial charge in [0.15, 0.2) is 0 Å². The molecule has 0 N–H and O–H groups in total. The van der Waals surface area contributed by atoms with E-state index < -0.39 is 6.04 Å². The minimum atomic E-state index is -0.409. The van der Waals surface area contributed by atoms with Crippen LogP contribution >= 0.6 is 15.9 Å². The van der Waals surface area contributed by atoms with Crippen molar-refractivity contribution in [3.8, 4) is 0 Å². The predicted molar refractivity (Wildman–Crippen MR) is 85.9 cm³/mol. The van der Waals surface area contributed by atoms with E-state index in [-0.39, 0.29) is 11.9 Å². The Kier molecular flexibility index (Phi) is 7.43. The molecular formula is C16H22BrNO3. The van der Waals surface area contributed by atoms with Crippen LogP contribution in [0.25, 0.3) is 0 Å². The molecule has 4 nitrogen and oxygen atoms in total. The monoisotopic (exact) mass is 355 g/mol. The normalized spacial score (nSPS) is 17.0. The van der Waals surface area contributed by atoms with Crippen molar-refractivity contribution in [1.82, 2.24) is 4.90 Å². The van der Waals surface area contributed by atoms with Gasteiger partial charge in [-0.15, -0.1) is 0 Å². The molecule has 2 rings (SSSR count). The summed E-state index contributed by atoms with van der Waals surface area (Å²) >= 11 is 3.36. The number of ether oxygens (including phenoxy) is 1. The third-order valence-corrected chi connectivity index (χ3v) is 3.84. The first-order chi connectivity index (χ1) is 10.1.